The van der Waals surface area contributed by atoms with Crippen LogP contribution in [0.2, 0.25) is 5.04 Å². The molecule has 1 aromatic heterocycles. The van der Waals surface area contributed by atoms with Gasteiger partial charge in [0.2, 0.25) is 0 Å². The van der Waals surface area contributed by atoms with Gasteiger partial charge < -0.3 is 19.0 Å². The smallest absolute Gasteiger partial charge is 0.330 e. The Labute approximate surface area is 210 Å². The minimum Gasteiger partial charge on any atom is -0.404 e. The number of hydrogen-bond donors (Lipinski definition) is 2. The van der Waals surface area contributed by atoms with Crippen molar-refractivity contribution in [3.8, 4) is 0 Å². The number of benzene rings is 2. The molecule has 0 aliphatic carbocycles. The van der Waals surface area contributed by atoms with Crippen molar-refractivity contribution in [2.75, 3.05) is 13.2 Å². The number of nitrogens with one attached hydrogen (secondary N) is 1. The van der Waals surface area contributed by atoms with E-state index in [-0.39, 0.29) is 18.3 Å². The zero-order valence-corrected chi connectivity index (χ0v) is 21.9. The highest BCUT2D eigenvalue weighted by atomic mass is 28.4. The summed E-state index contributed by atoms with van der Waals surface area (Å²) in [5.41, 5.74) is -1.67. The monoisotopic (exact) mass is 508 g/mol. The second kappa shape index (κ2) is 8.93. The quantitative estimate of drug-likeness (QED) is 0.489. The van der Waals surface area contributed by atoms with E-state index >= 15 is 0 Å². The van der Waals surface area contributed by atoms with Crippen LogP contribution in [0.1, 0.15) is 32.6 Å². The SMILES string of the molecule is Cc1cn([C@@H]2O[C@@]3(CO[Si](c4ccccc4)(c4ccccc4)C(C)(C)C)CO[C@H]3[C@H]2O)c(=O)[nH]c1=O. The zero-order chi connectivity index (χ0) is 25.7. The highest BCUT2D eigenvalue weighted by Gasteiger charge is 2.64. The summed E-state index contributed by atoms with van der Waals surface area (Å²) >= 11 is 0. The van der Waals surface area contributed by atoms with E-state index < -0.39 is 43.6 Å². The van der Waals surface area contributed by atoms with Crippen LogP contribution in [-0.4, -0.2) is 54.0 Å². The van der Waals surface area contributed by atoms with Crippen molar-refractivity contribution in [3.05, 3.63) is 93.3 Å². The predicted molar refractivity (Wildman–Crippen MR) is 138 cm³/mol. The van der Waals surface area contributed by atoms with Crippen LogP contribution in [0.5, 0.6) is 0 Å². The van der Waals surface area contributed by atoms with Gasteiger partial charge >= 0.3 is 5.69 Å². The van der Waals surface area contributed by atoms with Gasteiger partial charge in [-0.3, -0.25) is 14.3 Å². The number of aliphatic hydroxyl groups excluding tert-OH is 1. The summed E-state index contributed by atoms with van der Waals surface area (Å²) in [5.74, 6) is 0. The van der Waals surface area contributed by atoms with Gasteiger partial charge in [0, 0.05) is 11.8 Å². The van der Waals surface area contributed by atoms with Crippen LogP contribution >= 0.6 is 0 Å². The van der Waals surface area contributed by atoms with E-state index in [1.165, 1.54) is 10.8 Å². The first-order valence-electron chi connectivity index (χ1n) is 12.1. The Morgan fingerprint density at radius 2 is 1.67 bits per heavy atom. The van der Waals surface area contributed by atoms with Gasteiger partial charge in [-0.25, -0.2) is 4.79 Å². The van der Waals surface area contributed by atoms with Crippen molar-refractivity contribution < 1.29 is 19.0 Å². The third kappa shape index (κ3) is 3.82. The van der Waals surface area contributed by atoms with Gasteiger partial charge in [-0.2, -0.15) is 0 Å². The molecule has 5 rings (SSSR count). The second-order valence-electron chi connectivity index (χ2n) is 10.7. The van der Waals surface area contributed by atoms with Crippen molar-refractivity contribution in [2.45, 2.75) is 56.8 Å². The topological polar surface area (TPSA) is 103 Å². The minimum atomic E-state index is -2.84. The lowest BCUT2D eigenvalue weighted by Gasteiger charge is -2.48. The summed E-state index contributed by atoms with van der Waals surface area (Å²) in [6, 6.07) is 20.6. The predicted octanol–water partition coefficient (Wildman–Crippen LogP) is 1.45. The van der Waals surface area contributed by atoms with E-state index in [0.717, 1.165) is 10.4 Å². The Morgan fingerprint density at radius 3 is 2.17 bits per heavy atom. The molecule has 0 saturated carbocycles. The molecule has 0 radical (unpaired) electrons. The number of ether oxygens (including phenoxy) is 2. The molecule has 2 aliphatic heterocycles. The average Bonchev–Trinajstić information content (AvgIpc) is 3.02. The maximum atomic E-state index is 12.5. The molecule has 0 unspecified atom stereocenters. The van der Waals surface area contributed by atoms with E-state index in [1.807, 2.05) is 36.4 Å². The Hall–Kier alpha value is -2.82. The highest BCUT2D eigenvalue weighted by molar-refractivity contribution is 6.99. The molecule has 2 fully saturated rings. The first-order valence-corrected chi connectivity index (χ1v) is 14.0. The van der Waals surface area contributed by atoms with Gasteiger partial charge in [-0.1, -0.05) is 81.4 Å². The Bertz CT molecular complexity index is 1310. The Balaban J connectivity index is 1.53. The summed E-state index contributed by atoms with van der Waals surface area (Å²) in [5, 5.41) is 13.1. The number of aryl methyl sites for hydroxylation is 1. The zero-order valence-electron chi connectivity index (χ0n) is 20.9. The van der Waals surface area contributed by atoms with Gasteiger partial charge in [0.15, 0.2) is 6.23 Å². The molecule has 3 heterocycles. The molecular formula is C27H32N2O6Si. The average molecular weight is 509 g/mol. The van der Waals surface area contributed by atoms with Crippen LogP contribution in [0, 0.1) is 6.92 Å². The number of nitrogens with zero attached hydrogens (tertiary/aromatic N) is 1. The van der Waals surface area contributed by atoms with Crippen LogP contribution in [0.25, 0.3) is 0 Å². The van der Waals surface area contributed by atoms with Gasteiger partial charge in [0.1, 0.15) is 17.8 Å². The lowest BCUT2D eigenvalue weighted by Crippen LogP contribution is -2.70. The molecule has 0 amide bonds. The van der Waals surface area contributed by atoms with Crippen LogP contribution in [-0.2, 0) is 13.9 Å². The number of aromatic nitrogens is 2. The lowest BCUT2D eigenvalue weighted by atomic mass is 9.91. The molecule has 190 valence electrons. The Kier molecular flexibility index (Phi) is 6.17. The fraction of sp³-hybridized carbons (Fsp3) is 0.407. The third-order valence-corrected chi connectivity index (χ3v) is 12.3. The highest BCUT2D eigenvalue weighted by Crippen LogP contribution is 2.47. The molecule has 0 spiro atoms. The molecule has 3 aromatic rings. The maximum Gasteiger partial charge on any atom is 0.330 e. The number of aromatic amines is 1. The maximum absolute atomic E-state index is 12.5. The van der Waals surface area contributed by atoms with Crippen molar-refractivity contribution in [1.29, 1.82) is 0 Å². The van der Waals surface area contributed by atoms with Crippen molar-refractivity contribution >= 4 is 18.7 Å². The van der Waals surface area contributed by atoms with E-state index in [9.17, 15) is 14.7 Å². The van der Waals surface area contributed by atoms with E-state index in [1.54, 1.807) is 6.92 Å². The van der Waals surface area contributed by atoms with Crippen LogP contribution in [0.4, 0.5) is 0 Å². The summed E-state index contributed by atoms with van der Waals surface area (Å²) in [4.78, 5) is 26.7. The number of H-pyrrole nitrogens is 1. The second-order valence-corrected chi connectivity index (χ2v) is 15.0. The van der Waals surface area contributed by atoms with E-state index in [0.29, 0.717) is 5.56 Å². The fourth-order valence-electron chi connectivity index (χ4n) is 5.48. The molecule has 4 atom stereocenters. The van der Waals surface area contributed by atoms with Gasteiger partial charge in [0.05, 0.1) is 13.2 Å². The number of rotatable bonds is 6. The van der Waals surface area contributed by atoms with Crippen molar-refractivity contribution in [3.63, 3.8) is 0 Å². The van der Waals surface area contributed by atoms with Crippen LogP contribution < -0.4 is 21.6 Å². The molecular weight excluding hydrogens is 476 g/mol. The van der Waals surface area contributed by atoms with Crippen LogP contribution in [0.15, 0.2) is 76.4 Å². The first-order chi connectivity index (χ1) is 17.1. The van der Waals surface area contributed by atoms with Gasteiger partial charge in [-0.15, -0.1) is 0 Å². The van der Waals surface area contributed by atoms with E-state index in [4.69, 9.17) is 13.9 Å². The Morgan fingerprint density at radius 1 is 1.08 bits per heavy atom. The number of fused-ring (bicyclic) bond motifs is 1. The first kappa shape index (κ1) is 24.9. The van der Waals surface area contributed by atoms with Crippen molar-refractivity contribution in [2.24, 2.45) is 0 Å². The summed E-state index contributed by atoms with van der Waals surface area (Å²) in [6.45, 7) is 8.61. The molecule has 9 heteroatoms. The molecule has 36 heavy (non-hydrogen) atoms. The summed E-state index contributed by atoms with van der Waals surface area (Å²) < 4.78 is 20.4. The van der Waals surface area contributed by atoms with Crippen molar-refractivity contribution in [1.82, 2.24) is 9.55 Å². The summed E-state index contributed by atoms with van der Waals surface area (Å²) in [6.07, 6.45) is -1.33. The molecule has 0 bridgehead atoms. The lowest BCUT2D eigenvalue weighted by molar-refractivity contribution is -0.244. The largest absolute Gasteiger partial charge is 0.404 e. The van der Waals surface area contributed by atoms with Gasteiger partial charge in [-0.05, 0) is 22.3 Å². The number of aliphatic hydroxyl groups is 1. The molecule has 2 aliphatic rings. The standard InChI is InChI=1S/C27H32N2O6Si/c1-18-15-29(25(32)28-23(18)31)24-21(30)22-27(35-24,16-33-22)17-34-36(26(2,3)4,19-11-7-5-8-12-19)20-13-9-6-10-14-20/h5-15,21-22,24,30H,16-17H2,1-4H3,(H,28,31,32)/t21-,22+,24-,27-/m1/s1. The molecule has 8 nitrogen and oxygen atoms in total. The summed E-state index contributed by atoms with van der Waals surface area (Å²) in [7, 11) is -2.84. The third-order valence-electron chi connectivity index (χ3n) is 7.35. The van der Waals surface area contributed by atoms with E-state index in [2.05, 4.69) is 50.0 Å². The molecule has 2 aromatic carbocycles. The molecule has 2 N–H and O–H groups in total. The fourth-order valence-corrected chi connectivity index (χ4v) is 10.1. The van der Waals surface area contributed by atoms with Crippen LogP contribution in [0.3, 0.4) is 0 Å². The normalized spacial score (nSPS) is 25.9. The van der Waals surface area contributed by atoms with Gasteiger partial charge in [0.25, 0.3) is 13.9 Å². The minimum absolute atomic E-state index is 0.190. The molecule has 2 saturated heterocycles. The number of hydrogen-bond acceptors (Lipinski definition) is 6.